The normalized spacial score (nSPS) is 13.2. The van der Waals surface area contributed by atoms with Crippen molar-refractivity contribution in [3.8, 4) is 11.1 Å². The van der Waals surface area contributed by atoms with Gasteiger partial charge in [0.15, 0.2) is 0 Å². The second-order valence-corrected chi connectivity index (χ2v) is 7.49. The largest absolute Gasteiger partial charge is 0.383 e. The van der Waals surface area contributed by atoms with Crippen molar-refractivity contribution < 1.29 is 9.18 Å². The predicted molar refractivity (Wildman–Crippen MR) is 111 cm³/mol. The van der Waals surface area contributed by atoms with E-state index < -0.39 is 0 Å². The van der Waals surface area contributed by atoms with Crippen molar-refractivity contribution in [3.63, 3.8) is 0 Å². The van der Waals surface area contributed by atoms with E-state index in [1.54, 1.807) is 38.7 Å². The van der Waals surface area contributed by atoms with Gasteiger partial charge in [-0.05, 0) is 31.5 Å². The molecule has 4 heterocycles. The van der Waals surface area contributed by atoms with Gasteiger partial charge in [-0.1, -0.05) is 0 Å². The highest BCUT2D eigenvalue weighted by molar-refractivity contribution is 6.02. The van der Waals surface area contributed by atoms with Crippen LogP contribution < -0.4 is 10.6 Å². The molecule has 0 saturated carbocycles. The minimum absolute atomic E-state index is 0.119. The maximum absolute atomic E-state index is 15.5. The Kier molecular flexibility index (Phi) is 4.05. The zero-order valence-electron chi connectivity index (χ0n) is 16.6. The van der Waals surface area contributed by atoms with E-state index in [4.69, 9.17) is 5.73 Å². The SMILES string of the molecule is Cc1ccn(CC(=O)N2CCc3c2ccc(-c2cn(C)c4ncnc(N)c24)c3F)n1. The van der Waals surface area contributed by atoms with E-state index in [0.717, 1.165) is 5.69 Å². The molecule has 4 aromatic rings. The van der Waals surface area contributed by atoms with Gasteiger partial charge < -0.3 is 15.2 Å². The number of halogens is 1. The summed E-state index contributed by atoms with van der Waals surface area (Å²) >= 11 is 0. The van der Waals surface area contributed by atoms with Gasteiger partial charge in [0, 0.05) is 48.4 Å². The predicted octanol–water partition coefficient (Wildman–Crippen LogP) is 2.45. The molecule has 2 N–H and O–H groups in total. The Bertz CT molecular complexity index is 1310. The minimum Gasteiger partial charge on any atom is -0.383 e. The first-order valence-electron chi connectivity index (χ1n) is 9.61. The van der Waals surface area contributed by atoms with Crippen molar-refractivity contribution >= 4 is 28.4 Å². The first-order chi connectivity index (χ1) is 14.4. The number of hydrogen-bond donors (Lipinski definition) is 1. The fourth-order valence-corrected chi connectivity index (χ4v) is 4.13. The fraction of sp³-hybridized carbons (Fsp3) is 0.238. The second-order valence-electron chi connectivity index (χ2n) is 7.49. The number of fused-ring (bicyclic) bond motifs is 2. The molecular weight excluding hydrogens is 385 g/mol. The van der Waals surface area contributed by atoms with Crippen LogP contribution in [0.3, 0.4) is 0 Å². The van der Waals surface area contributed by atoms with Crippen molar-refractivity contribution in [1.29, 1.82) is 0 Å². The summed E-state index contributed by atoms with van der Waals surface area (Å²) in [6.45, 7) is 2.43. The van der Waals surface area contributed by atoms with Gasteiger partial charge in [-0.3, -0.25) is 9.48 Å². The number of hydrogen-bond acceptors (Lipinski definition) is 5. The fourth-order valence-electron chi connectivity index (χ4n) is 4.13. The van der Waals surface area contributed by atoms with Crippen molar-refractivity contribution in [3.05, 3.63) is 54.0 Å². The minimum atomic E-state index is -0.339. The molecule has 30 heavy (non-hydrogen) atoms. The van der Waals surface area contributed by atoms with Crippen LogP contribution in [0.4, 0.5) is 15.9 Å². The maximum atomic E-state index is 15.5. The quantitative estimate of drug-likeness (QED) is 0.565. The Balaban J connectivity index is 1.53. The Morgan fingerprint density at radius 3 is 2.83 bits per heavy atom. The number of nitrogen functional groups attached to an aromatic ring is 1. The third kappa shape index (κ3) is 2.73. The lowest BCUT2D eigenvalue weighted by atomic mass is 10.0. The van der Waals surface area contributed by atoms with E-state index in [1.807, 2.05) is 20.0 Å². The number of anilines is 2. The molecule has 3 aromatic heterocycles. The van der Waals surface area contributed by atoms with Crippen LogP contribution in [-0.4, -0.2) is 36.8 Å². The van der Waals surface area contributed by atoms with Gasteiger partial charge in [0.1, 0.15) is 30.2 Å². The van der Waals surface area contributed by atoms with Gasteiger partial charge in [0.2, 0.25) is 5.91 Å². The number of carbonyl (C=O) groups is 1. The molecule has 1 aliphatic heterocycles. The molecule has 0 atom stereocenters. The number of rotatable bonds is 3. The molecule has 1 aromatic carbocycles. The van der Waals surface area contributed by atoms with Crippen LogP contribution in [0.2, 0.25) is 0 Å². The topological polar surface area (TPSA) is 94.9 Å². The van der Waals surface area contributed by atoms with Crippen LogP contribution in [0.5, 0.6) is 0 Å². The summed E-state index contributed by atoms with van der Waals surface area (Å²) in [6.07, 6.45) is 5.42. The second kappa shape index (κ2) is 6.65. The van der Waals surface area contributed by atoms with Gasteiger partial charge in [-0.25, -0.2) is 14.4 Å². The molecule has 0 fully saturated rings. The third-order valence-electron chi connectivity index (χ3n) is 5.54. The summed E-state index contributed by atoms with van der Waals surface area (Å²) in [4.78, 5) is 22.7. The molecule has 0 aliphatic carbocycles. The molecule has 0 bridgehead atoms. The average molecular weight is 405 g/mol. The molecule has 0 spiro atoms. The van der Waals surface area contributed by atoms with E-state index in [0.29, 0.717) is 52.2 Å². The van der Waals surface area contributed by atoms with Crippen molar-refractivity contribution in [2.45, 2.75) is 19.9 Å². The van der Waals surface area contributed by atoms with E-state index in [2.05, 4.69) is 15.1 Å². The van der Waals surface area contributed by atoms with Gasteiger partial charge in [0.05, 0.1) is 11.1 Å². The summed E-state index contributed by atoms with van der Waals surface area (Å²) in [5.41, 5.74) is 9.76. The molecule has 0 unspecified atom stereocenters. The van der Waals surface area contributed by atoms with Crippen LogP contribution in [-0.2, 0) is 24.8 Å². The van der Waals surface area contributed by atoms with Crippen molar-refractivity contribution in [2.75, 3.05) is 17.2 Å². The Morgan fingerprint density at radius 1 is 1.23 bits per heavy atom. The Hall–Kier alpha value is -3.75. The van der Waals surface area contributed by atoms with Crippen molar-refractivity contribution in [2.24, 2.45) is 7.05 Å². The third-order valence-corrected chi connectivity index (χ3v) is 5.54. The van der Waals surface area contributed by atoms with Gasteiger partial charge in [0.25, 0.3) is 0 Å². The van der Waals surface area contributed by atoms with Crippen LogP contribution in [0.1, 0.15) is 11.3 Å². The Labute approximate surface area is 171 Å². The van der Waals surface area contributed by atoms with Crippen LogP contribution in [0.25, 0.3) is 22.2 Å². The summed E-state index contributed by atoms with van der Waals surface area (Å²) in [5, 5.41) is 4.88. The number of nitrogens with zero attached hydrogens (tertiary/aromatic N) is 6. The highest BCUT2D eigenvalue weighted by atomic mass is 19.1. The first-order valence-corrected chi connectivity index (χ1v) is 9.61. The molecule has 1 aliphatic rings. The van der Waals surface area contributed by atoms with Crippen LogP contribution in [0, 0.1) is 12.7 Å². The van der Waals surface area contributed by atoms with E-state index in [-0.39, 0.29) is 18.3 Å². The van der Waals surface area contributed by atoms with Gasteiger partial charge in [-0.2, -0.15) is 5.10 Å². The molecule has 5 rings (SSSR count). The zero-order chi connectivity index (χ0) is 21.0. The number of amides is 1. The summed E-state index contributed by atoms with van der Waals surface area (Å²) in [6, 6.07) is 5.33. The molecule has 8 nitrogen and oxygen atoms in total. The molecule has 0 saturated heterocycles. The number of carbonyl (C=O) groups excluding carboxylic acids is 1. The summed E-state index contributed by atoms with van der Waals surface area (Å²) < 4.78 is 18.9. The summed E-state index contributed by atoms with van der Waals surface area (Å²) in [5.74, 6) is -0.151. The van der Waals surface area contributed by atoms with Gasteiger partial charge in [-0.15, -0.1) is 0 Å². The molecule has 0 radical (unpaired) electrons. The number of nitrogens with two attached hydrogens (primary N) is 1. The van der Waals surface area contributed by atoms with E-state index in [1.165, 1.54) is 6.33 Å². The lowest BCUT2D eigenvalue weighted by Gasteiger charge is -2.18. The molecule has 152 valence electrons. The lowest BCUT2D eigenvalue weighted by Crippen LogP contribution is -2.32. The van der Waals surface area contributed by atoms with Crippen molar-refractivity contribution in [1.82, 2.24) is 24.3 Å². The number of aryl methyl sites for hydroxylation is 2. The smallest absolute Gasteiger partial charge is 0.248 e. The van der Waals surface area contributed by atoms with E-state index in [9.17, 15) is 4.79 Å². The standard InChI is InChI=1S/C21H20FN7O/c1-12-5-7-28(26-12)10-17(30)29-8-6-14-16(29)4-3-13(19(14)22)15-9-27(2)21-18(15)20(23)24-11-25-21/h3-5,7,9,11H,6,8,10H2,1-2H3,(H2,23,24,25). The lowest BCUT2D eigenvalue weighted by molar-refractivity contribution is -0.119. The Morgan fingerprint density at radius 2 is 2.07 bits per heavy atom. The highest BCUT2D eigenvalue weighted by Gasteiger charge is 2.29. The maximum Gasteiger partial charge on any atom is 0.248 e. The monoisotopic (exact) mass is 405 g/mol. The molecular formula is C21H20FN7O. The van der Waals surface area contributed by atoms with Crippen LogP contribution in [0.15, 0.2) is 36.9 Å². The molecule has 9 heteroatoms. The van der Waals surface area contributed by atoms with Gasteiger partial charge >= 0.3 is 0 Å². The number of benzene rings is 1. The van der Waals surface area contributed by atoms with Crippen LogP contribution >= 0.6 is 0 Å². The zero-order valence-corrected chi connectivity index (χ0v) is 16.6. The number of aromatic nitrogens is 5. The summed E-state index contributed by atoms with van der Waals surface area (Å²) in [7, 11) is 1.83. The average Bonchev–Trinajstić information content (AvgIpc) is 3.41. The first kappa shape index (κ1) is 18.3. The van der Waals surface area contributed by atoms with E-state index >= 15 is 4.39 Å². The highest BCUT2D eigenvalue weighted by Crippen LogP contribution is 2.39. The molecule has 1 amide bonds.